The Labute approximate surface area is 158 Å². The predicted molar refractivity (Wildman–Crippen MR) is 98.4 cm³/mol. The lowest BCUT2D eigenvalue weighted by Gasteiger charge is -2.29. The van der Waals surface area contributed by atoms with Gasteiger partial charge in [0.2, 0.25) is 5.91 Å². The highest BCUT2D eigenvalue weighted by Gasteiger charge is 2.28. The Balaban J connectivity index is 0.00000225. The number of nitrogens with zero attached hydrogens (tertiary/aromatic N) is 2. The third kappa shape index (κ3) is 5.07. The molecule has 2 heterocycles. The number of benzene rings is 1. The zero-order valence-corrected chi connectivity index (χ0v) is 15.5. The molecular weight excluding hydrogens is 365 g/mol. The molecule has 3 rings (SSSR count). The summed E-state index contributed by atoms with van der Waals surface area (Å²) in [5.74, 6) is 0.0256. The van der Waals surface area contributed by atoms with Crippen LogP contribution in [0.4, 0.5) is 0 Å². The van der Waals surface area contributed by atoms with Crippen molar-refractivity contribution in [3.8, 4) is 0 Å². The molecule has 25 heavy (non-hydrogen) atoms. The summed E-state index contributed by atoms with van der Waals surface area (Å²) in [5, 5.41) is 3.74. The number of rotatable bonds is 2. The molecule has 138 valence electrons. The Kier molecular flexibility index (Phi) is 7.50. The van der Waals surface area contributed by atoms with Crippen LogP contribution in [0.1, 0.15) is 16.8 Å². The predicted octanol–water partition coefficient (Wildman–Crippen LogP) is 1.42. The van der Waals surface area contributed by atoms with Gasteiger partial charge in [-0.05, 0) is 24.6 Å². The first-order valence-electron chi connectivity index (χ1n) is 8.30. The summed E-state index contributed by atoms with van der Waals surface area (Å²) >= 11 is 5.97. The SMILES string of the molecule is Cl.O=C(c1cccc(Cl)c1)N1CCCN(C(=O)C2COCCN2)CC1. The molecule has 0 radical (unpaired) electrons. The molecule has 2 aliphatic rings. The number of hydrogen-bond acceptors (Lipinski definition) is 4. The highest BCUT2D eigenvalue weighted by molar-refractivity contribution is 6.30. The van der Waals surface area contributed by atoms with Gasteiger partial charge in [-0.25, -0.2) is 0 Å². The largest absolute Gasteiger partial charge is 0.378 e. The zero-order chi connectivity index (χ0) is 16.9. The van der Waals surface area contributed by atoms with E-state index < -0.39 is 0 Å². The second-order valence-corrected chi connectivity index (χ2v) is 6.50. The van der Waals surface area contributed by atoms with E-state index in [0.29, 0.717) is 56.5 Å². The topological polar surface area (TPSA) is 61.9 Å². The standard InChI is InChI=1S/C17H22ClN3O3.ClH/c18-14-4-1-3-13(11-14)16(22)20-6-2-7-21(9-8-20)17(23)15-12-24-10-5-19-15;/h1,3-4,11,15,19H,2,5-10,12H2;1H. The van der Waals surface area contributed by atoms with Crippen molar-refractivity contribution < 1.29 is 14.3 Å². The molecule has 1 aromatic carbocycles. The van der Waals surface area contributed by atoms with Gasteiger partial charge in [-0.15, -0.1) is 12.4 Å². The van der Waals surface area contributed by atoms with Gasteiger partial charge in [0.1, 0.15) is 6.04 Å². The van der Waals surface area contributed by atoms with Gasteiger partial charge in [-0.3, -0.25) is 9.59 Å². The average molecular weight is 388 g/mol. The lowest BCUT2D eigenvalue weighted by molar-refractivity contribution is -0.136. The summed E-state index contributed by atoms with van der Waals surface area (Å²) in [4.78, 5) is 28.8. The number of halogens is 2. The molecule has 0 bridgehead atoms. The van der Waals surface area contributed by atoms with Gasteiger partial charge in [0, 0.05) is 43.3 Å². The minimum absolute atomic E-state index is 0. The molecule has 0 aliphatic carbocycles. The molecule has 1 atom stereocenters. The molecule has 1 unspecified atom stereocenters. The van der Waals surface area contributed by atoms with E-state index >= 15 is 0 Å². The van der Waals surface area contributed by atoms with Crippen LogP contribution in [-0.4, -0.2) is 73.6 Å². The van der Waals surface area contributed by atoms with E-state index in [1.807, 2.05) is 4.90 Å². The summed E-state index contributed by atoms with van der Waals surface area (Å²) in [5.41, 5.74) is 0.588. The Morgan fingerprint density at radius 3 is 2.64 bits per heavy atom. The first-order chi connectivity index (χ1) is 11.6. The molecule has 1 aromatic rings. The average Bonchev–Trinajstić information content (AvgIpc) is 2.87. The number of amides is 2. The van der Waals surface area contributed by atoms with Crippen LogP contribution in [0.2, 0.25) is 5.02 Å². The maximum Gasteiger partial charge on any atom is 0.253 e. The number of nitrogens with one attached hydrogen (secondary N) is 1. The molecule has 0 spiro atoms. The Hall–Kier alpha value is -1.34. The molecular formula is C17H23Cl2N3O3. The second-order valence-electron chi connectivity index (χ2n) is 6.06. The van der Waals surface area contributed by atoms with Crippen molar-refractivity contribution in [1.82, 2.24) is 15.1 Å². The molecule has 2 aliphatic heterocycles. The van der Waals surface area contributed by atoms with Crippen molar-refractivity contribution in [3.63, 3.8) is 0 Å². The molecule has 8 heteroatoms. The Morgan fingerprint density at radius 2 is 1.92 bits per heavy atom. The molecule has 1 N–H and O–H groups in total. The van der Waals surface area contributed by atoms with E-state index in [1.165, 1.54) is 0 Å². The maximum absolute atomic E-state index is 12.6. The van der Waals surface area contributed by atoms with Gasteiger partial charge < -0.3 is 19.9 Å². The van der Waals surface area contributed by atoms with Crippen LogP contribution in [-0.2, 0) is 9.53 Å². The monoisotopic (exact) mass is 387 g/mol. The number of carbonyl (C=O) groups excluding carboxylic acids is 2. The van der Waals surface area contributed by atoms with Crippen molar-refractivity contribution in [2.75, 3.05) is 45.9 Å². The van der Waals surface area contributed by atoms with E-state index in [1.54, 1.807) is 29.2 Å². The second kappa shape index (κ2) is 9.38. The van der Waals surface area contributed by atoms with Crippen LogP contribution in [0, 0.1) is 0 Å². The summed E-state index contributed by atoms with van der Waals surface area (Å²) in [6.45, 7) is 4.14. The minimum atomic E-state index is -0.270. The fourth-order valence-corrected chi connectivity index (χ4v) is 3.28. The van der Waals surface area contributed by atoms with E-state index in [-0.39, 0.29) is 30.3 Å². The van der Waals surface area contributed by atoms with Crippen LogP contribution < -0.4 is 5.32 Å². The van der Waals surface area contributed by atoms with E-state index in [4.69, 9.17) is 16.3 Å². The molecule has 2 amide bonds. The fraction of sp³-hybridized carbons (Fsp3) is 0.529. The fourth-order valence-electron chi connectivity index (χ4n) is 3.09. The van der Waals surface area contributed by atoms with Crippen molar-refractivity contribution >= 4 is 35.8 Å². The Morgan fingerprint density at radius 1 is 1.16 bits per heavy atom. The highest BCUT2D eigenvalue weighted by atomic mass is 35.5. The quantitative estimate of drug-likeness (QED) is 0.833. The third-order valence-electron chi connectivity index (χ3n) is 4.39. The number of ether oxygens (including phenoxy) is 1. The van der Waals surface area contributed by atoms with Gasteiger partial charge in [0.05, 0.1) is 13.2 Å². The first kappa shape index (κ1) is 20.0. The van der Waals surface area contributed by atoms with Crippen molar-refractivity contribution in [1.29, 1.82) is 0 Å². The molecule has 2 saturated heterocycles. The third-order valence-corrected chi connectivity index (χ3v) is 4.62. The maximum atomic E-state index is 12.6. The van der Waals surface area contributed by atoms with E-state index in [0.717, 1.165) is 6.42 Å². The summed E-state index contributed by atoms with van der Waals surface area (Å²) in [6, 6.07) is 6.71. The van der Waals surface area contributed by atoms with Gasteiger partial charge in [-0.2, -0.15) is 0 Å². The lowest BCUT2D eigenvalue weighted by Crippen LogP contribution is -2.53. The van der Waals surface area contributed by atoms with Crippen molar-refractivity contribution in [2.24, 2.45) is 0 Å². The Bertz CT molecular complexity index is 609. The van der Waals surface area contributed by atoms with Crippen LogP contribution >= 0.6 is 24.0 Å². The molecule has 0 aromatic heterocycles. The summed E-state index contributed by atoms with van der Waals surface area (Å²) < 4.78 is 5.37. The van der Waals surface area contributed by atoms with Gasteiger partial charge in [-0.1, -0.05) is 17.7 Å². The zero-order valence-electron chi connectivity index (χ0n) is 13.9. The molecule has 6 nitrogen and oxygen atoms in total. The highest BCUT2D eigenvalue weighted by Crippen LogP contribution is 2.15. The molecule has 2 fully saturated rings. The van der Waals surface area contributed by atoms with Crippen LogP contribution in [0.3, 0.4) is 0 Å². The van der Waals surface area contributed by atoms with Crippen LogP contribution in [0.15, 0.2) is 24.3 Å². The first-order valence-corrected chi connectivity index (χ1v) is 8.68. The van der Waals surface area contributed by atoms with Crippen molar-refractivity contribution in [2.45, 2.75) is 12.5 Å². The minimum Gasteiger partial charge on any atom is -0.378 e. The van der Waals surface area contributed by atoms with Crippen molar-refractivity contribution in [3.05, 3.63) is 34.9 Å². The van der Waals surface area contributed by atoms with E-state index in [9.17, 15) is 9.59 Å². The normalized spacial score (nSPS) is 21.2. The summed E-state index contributed by atoms with van der Waals surface area (Å²) in [6.07, 6.45) is 0.769. The molecule has 0 saturated carbocycles. The number of carbonyl (C=O) groups is 2. The summed E-state index contributed by atoms with van der Waals surface area (Å²) in [7, 11) is 0. The smallest absolute Gasteiger partial charge is 0.253 e. The lowest BCUT2D eigenvalue weighted by atomic mass is 10.2. The van der Waals surface area contributed by atoms with Gasteiger partial charge in [0.25, 0.3) is 5.91 Å². The van der Waals surface area contributed by atoms with E-state index in [2.05, 4.69) is 5.32 Å². The van der Waals surface area contributed by atoms with Crippen LogP contribution in [0.5, 0.6) is 0 Å². The van der Waals surface area contributed by atoms with Gasteiger partial charge >= 0.3 is 0 Å². The number of hydrogen-bond donors (Lipinski definition) is 1. The van der Waals surface area contributed by atoms with Crippen LogP contribution in [0.25, 0.3) is 0 Å². The van der Waals surface area contributed by atoms with Gasteiger partial charge in [0.15, 0.2) is 0 Å². The number of morpholine rings is 1.